The number of carbonyl (C=O) groups excluding carboxylic acids is 1. The minimum Gasteiger partial charge on any atom is -0.350 e. The van der Waals surface area contributed by atoms with E-state index in [0.29, 0.717) is 18.2 Å². The number of amides is 1. The zero-order valence-electron chi connectivity index (χ0n) is 15.5. The molecule has 3 rings (SSSR count). The van der Waals surface area contributed by atoms with Crippen molar-refractivity contribution in [3.8, 4) is 0 Å². The van der Waals surface area contributed by atoms with E-state index in [4.69, 9.17) is 0 Å². The average Bonchev–Trinajstić information content (AvgIpc) is 2.87. The third-order valence-corrected chi connectivity index (χ3v) is 5.21. The third kappa shape index (κ3) is 4.10. The summed E-state index contributed by atoms with van der Waals surface area (Å²) in [4.78, 5) is 15.1. The first-order valence-electron chi connectivity index (χ1n) is 9.12. The molecule has 1 amide bonds. The predicted molar refractivity (Wildman–Crippen MR) is 99.5 cm³/mol. The number of hydrogen-bond acceptors (Lipinski definition) is 3. The predicted octanol–water partition coefficient (Wildman–Crippen LogP) is 2.82. The Morgan fingerprint density at radius 2 is 2.00 bits per heavy atom. The van der Waals surface area contributed by atoms with E-state index in [2.05, 4.69) is 45.6 Å². The molecule has 1 fully saturated rings. The van der Waals surface area contributed by atoms with Gasteiger partial charge in [-0.1, -0.05) is 36.8 Å². The van der Waals surface area contributed by atoms with Gasteiger partial charge in [0.15, 0.2) is 0 Å². The van der Waals surface area contributed by atoms with E-state index < -0.39 is 0 Å². The van der Waals surface area contributed by atoms with Crippen LogP contribution in [0, 0.1) is 13.8 Å². The fourth-order valence-corrected chi connectivity index (χ4v) is 3.72. The van der Waals surface area contributed by atoms with Crippen LogP contribution in [-0.4, -0.2) is 39.7 Å². The van der Waals surface area contributed by atoms with Crippen LogP contribution in [0.2, 0.25) is 0 Å². The normalized spacial score (nSPS) is 18.3. The van der Waals surface area contributed by atoms with Crippen LogP contribution in [0.25, 0.3) is 0 Å². The molecular weight excluding hydrogens is 312 g/mol. The number of aromatic nitrogens is 2. The molecule has 25 heavy (non-hydrogen) atoms. The van der Waals surface area contributed by atoms with Gasteiger partial charge in [-0.15, -0.1) is 0 Å². The zero-order chi connectivity index (χ0) is 17.8. The molecule has 1 aromatic carbocycles. The Bertz CT molecular complexity index is 723. The summed E-state index contributed by atoms with van der Waals surface area (Å²) < 4.78 is 1.77. The van der Waals surface area contributed by atoms with Crippen molar-refractivity contribution in [3.63, 3.8) is 0 Å². The maximum Gasteiger partial charge on any atom is 0.255 e. The van der Waals surface area contributed by atoms with Crippen LogP contribution in [0.15, 0.2) is 30.3 Å². The lowest BCUT2D eigenvalue weighted by Gasteiger charge is -2.36. The lowest BCUT2D eigenvalue weighted by Crippen LogP contribution is -2.46. The van der Waals surface area contributed by atoms with Crippen LogP contribution in [0.1, 0.15) is 46.6 Å². The highest BCUT2D eigenvalue weighted by Gasteiger charge is 2.24. The van der Waals surface area contributed by atoms with Crippen LogP contribution in [0.5, 0.6) is 0 Å². The number of likely N-dealkylation sites (tertiary alicyclic amines) is 1. The van der Waals surface area contributed by atoms with Gasteiger partial charge in [0, 0.05) is 31.9 Å². The van der Waals surface area contributed by atoms with Crippen molar-refractivity contribution in [2.24, 2.45) is 7.05 Å². The van der Waals surface area contributed by atoms with E-state index in [1.165, 1.54) is 18.4 Å². The summed E-state index contributed by atoms with van der Waals surface area (Å²) in [5.74, 6) is -0.00617. The molecular formula is C20H28N4O. The molecule has 0 bridgehead atoms. The molecule has 1 N–H and O–H groups in total. The van der Waals surface area contributed by atoms with E-state index in [1.54, 1.807) is 4.68 Å². The second kappa shape index (κ2) is 7.83. The smallest absolute Gasteiger partial charge is 0.255 e. The van der Waals surface area contributed by atoms with E-state index in [-0.39, 0.29) is 5.91 Å². The first-order chi connectivity index (χ1) is 12.1. The van der Waals surface area contributed by atoms with Crippen LogP contribution in [0.4, 0.5) is 0 Å². The van der Waals surface area contributed by atoms with Crippen molar-refractivity contribution in [2.75, 3.05) is 13.1 Å². The highest BCUT2D eigenvalue weighted by atomic mass is 16.1. The Kier molecular flexibility index (Phi) is 5.53. The number of carbonyl (C=O) groups is 1. The number of rotatable bonds is 5. The van der Waals surface area contributed by atoms with Crippen molar-refractivity contribution in [1.82, 2.24) is 20.0 Å². The molecule has 1 aliphatic rings. The Morgan fingerprint density at radius 1 is 1.24 bits per heavy atom. The highest BCUT2D eigenvalue weighted by molar-refractivity contribution is 5.96. The molecule has 5 nitrogen and oxygen atoms in total. The summed E-state index contributed by atoms with van der Waals surface area (Å²) in [5, 5.41) is 7.49. The molecule has 2 heterocycles. The van der Waals surface area contributed by atoms with Crippen LogP contribution in [-0.2, 0) is 13.6 Å². The summed E-state index contributed by atoms with van der Waals surface area (Å²) in [6, 6.07) is 11.0. The van der Waals surface area contributed by atoms with E-state index in [0.717, 1.165) is 30.9 Å². The minimum atomic E-state index is -0.00617. The molecule has 1 aliphatic heterocycles. The quantitative estimate of drug-likeness (QED) is 0.910. The van der Waals surface area contributed by atoms with Crippen LogP contribution in [0.3, 0.4) is 0 Å². The van der Waals surface area contributed by atoms with Gasteiger partial charge in [-0.05, 0) is 38.8 Å². The van der Waals surface area contributed by atoms with Crippen molar-refractivity contribution in [3.05, 3.63) is 52.8 Å². The highest BCUT2D eigenvalue weighted by Crippen LogP contribution is 2.19. The summed E-state index contributed by atoms with van der Waals surface area (Å²) in [6.45, 7) is 6.58. The number of nitrogens with one attached hydrogen (secondary N) is 1. The molecule has 1 unspecified atom stereocenters. The fraction of sp³-hybridized carbons (Fsp3) is 0.500. The van der Waals surface area contributed by atoms with Gasteiger partial charge < -0.3 is 5.32 Å². The molecule has 2 aromatic rings. The molecule has 0 spiro atoms. The molecule has 0 radical (unpaired) electrons. The number of nitrogens with zero attached hydrogens (tertiary/aromatic N) is 3. The average molecular weight is 340 g/mol. The van der Waals surface area contributed by atoms with Crippen molar-refractivity contribution in [1.29, 1.82) is 0 Å². The maximum atomic E-state index is 12.6. The lowest BCUT2D eigenvalue weighted by atomic mass is 10.0. The fourth-order valence-electron chi connectivity index (χ4n) is 3.72. The van der Waals surface area contributed by atoms with Crippen molar-refractivity contribution in [2.45, 2.75) is 45.7 Å². The zero-order valence-corrected chi connectivity index (χ0v) is 15.5. The Hall–Kier alpha value is -2.14. The largest absolute Gasteiger partial charge is 0.350 e. The second-order valence-corrected chi connectivity index (χ2v) is 6.99. The lowest BCUT2D eigenvalue weighted by molar-refractivity contribution is 0.0906. The molecule has 0 saturated carbocycles. The Morgan fingerprint density at radius 3 is 2.68 bits per heavy atom. The number of aryl methyl sites for hydroxylation is 2. The van der Waals surface area contributed by atoms with Gasteiger partial charge in [0.25, 0.3) is 5.91 Å². The van der Waals surface area contributed by atoms with Crippen molar-refractivity contribution < 1.29 is 4.79 Å². The Labute approximate surface area is 150 Å². The van der Waals surface area contributed by atoms with Gasteiger partial charge in [-0.25, -0.2) is 0 Å². The van der Waals surface area contributed by atoms with Gasteiger partial charge in [0.1, 0.15) is 0 Å². The second-order valence-electron chi connectivity index (χ2n) is 6.99. The van der Waals surface area contributed by atoms with Gasteiger partial charge >= 0.3 is 0 Å². The molecule has 1 aromatic heterocycles. The molecule has 5 heteroatoms. The summed E-state index contributed by atoms with van der Waals surface area (Å²) in [6.07, 6.45) is 3.60. The Balaban J connectivity index is 1.63. The standard InChI is InChI=1S/C20H28N4O/c1-15-19(16(2)23(3)22-15)20(25)21-13-18-11-7-8-12-24(18)14-17-9-5-4-6-10-17/h4-6,9-10,18H,7-8,11-14H2,1-3H3,(H,21,25). The molecule has 1 atom stereocenters. The van der Waals surface area contributed by atoms with E-state index in [1.807, 2.05) is 20.9 Å². The third-order valence-electron chi connectivity index (χ3n) is 5.21. The van der Waals surface area contributed by atoms with Crippen LogP contribution < -0.4 is 5.32 Å². The summed E-state index contributed by atoms with van der Waals surface area (Å²) >= 11 is 0. The van der Waals surface area contributed by atoms with Gasteiger partial charge in [-0.3, -0.25) is 14.4 Å². The topological polar surface area (TPSA) is 50.2 Å². The van der Waals surface area contributed by atoms with Gasteiger partial charge in [-0.2, -0.15) is 5.10 Å². The first kappa shape index (κ1) is 17.7. The number of hydrogen-bond donors (Lipinski definition) is 1. The SMILES string of the molecule is Cc1nn(C)c(C)c1C(=O)NCC1CCCCN1Cc1ccccc1. The van der Waals surface area contributed by atoms with Gasteiger partial charge in [0.2, 0.25) is 0 Å². The first-order valence-corrected chi connectivity index (χ1v) is 9.12. The minimum absolute atomic E-state index is 0.00617. The van der Waals surface area contributed by atoms with Gasteiger partial charge in [0.05, 0.1) is 11.3 Å². The maximum absolute atomic E-state index is 12.6. The number of piperidine rings is 1. The van der Waals surface area contributed by atoms with E-state index >= 15 is 0 Å². The van der Waals surface area contributed by atoms with E-state index in [9.17, 15) is 4.79 Å². The number of benzene rings is 1. The molecule has 0 aliphatic carbocycles. The molecule has 134 valence electrons. The summed E-state index contributed by atoms with van der Waals surface area (Å²) in [5.41, 5.74) is 3.76. The molecule has 1 saturated heterocycles. The van der Waals surface area contributed by atoms with Crippen molar-refractivity contribution >= 4 is 5.91 Å². The van der Waals surface area contributed by atoms with Crippen LogP contribution >= 0.6 is 0 Å². The monoisotopic (exact) mass is 340 g/mol. The summed E-state index contributed by atoms with van der Waals surface area (Å²) in [7, 11) is 1.88.